The Morgan fingerprint density at radius 2 is 1.94 bits per heavy atom. The van der Waals surface area contributed by atoms with Crippen molar-refractivity contribution in [3.05, 3.63) is 26.7 Å². The average Bonchev–Trinajstić information content (AvgIpc) is 2.27. The van der Waals surface area contributed by atoms with Gasteiger partial charge < -0.3 is 0 Å². The molecule has 0 saturated heterocycles. The van der Waals surface area contributed by atoms with E-state index in [9.17, 15) is 0 Å². The van der Waals surface area contributed by atoms with Crippen molar-refractivity contribution in [3.8, 4) is 0 Å². The number of hydrogen-bond donors (Lipinski definition) is 1. The third kappa shape index (κ3) is 4.20. The maximum absolute atomic E-state index is 6.29. The quantitative estimate of drug-likeness (QED) is 0.522. The van der Waals surface area contributed by atoms with Gasteiger partial charge in [0, 0.05) is 5.02 Å². The summed E-state index contributed by atoms with van der Waals surface area (Å²) in [5, 5.41) is 5.76. The largest absolute Gasteiger partial charge is 0.274 e. The number of benzene rings is 1. The molecular weight excluding hydrogens is 314 g/mol. The molecule has 0 aliphatic carbocycles. The Labute approximate surface area is 127 Å². The lowest BCUT2D eigenvalue weighted by Gasteiger charge is -2.13. The van der Waals surface area contributed by atoms with Gasteiger partial charge in [0.05, 0.1) is 15.7 Å². The molecule has 1 aromatic rings. The van der Waals surface area contributed by atoms with Crippen molar-refractivity contribution in [1.82, 2.24) is 0 Å². The summed E-state index contributed by atoms with van der Waals surface area (Å²) in [4.78, 5) is 0. The molecule has 0 atom stereocenters. The summed E-state index contributed by atoms with van der Waals surface area (Å²) < 4.78 is 0. The van der Waals surface area contributed by atoms with Gasteiger partial charge in [0.2, 0.25) is 0 Å². The molecule has 1 rings (SSSR count). The Kier molecular flexibility index (Phi) is 6.58. The lowest BCUT2D eigenvalue weighted by Crippen LogP contribution is -1.97. The fourth-order valence-corrected chi connectivity index (χ4v) is 2.53. The minimum atomic E-state index is 0.368. The standard InChI is InChI=1S/C12H14Cl4N2/c1-3-4-5-8-9(14)6-10(15)12(11(8)16)18-17-7(2)13/h6,18H,3-5H2,1-2H3. The van der Waals surface area contributed by atoms with Crippen LogP contribution < -0.4 is 5.43 Å². The van der Waals surface area contributed by atoms with E-state index in [2.05, 4.69) is 17.5 Å². The molecular formula is C12H14Cl4N2. The molecule has 0 amide bonds. The summed E-state index contributed by atoms with van der Waals surface area (Å²) in [5.74, 6) is 0. The lowest BCUT2D eigenvalue weighted by atomic mass is 10.1. The zero-order valence-electron chi connectivity index (χ0n) is 10.2. The molecule has 18 heavy (non-hydrogen) atoms. The minimum absolute atomic E-state index is 0.368. The summed E-state index contributed by atoms with van der Waals surface area (Å²) in [5.41, 5.74) is 4.18. The highest BCUT2D eigenvalue weighted by Gasteiger charge is 2.14. The topological polar surface area (TPSA) is 24.4 Å². The predicted molar refractivity (Wildman–Crippen MR) is 82.7 cm³/mol. The molecule has 0 radical (unpaired) electrons. The van der Waals surface area contributed by atoms with Gasteiger partial charge in [0.1, 0.15) is 5.17 Å². The number of anilines is 1. The molecule has 100 valence electrons. The van der Waals surface area contributed by atoms with E-state index in [1.54, 1.807) is 13.0 Å². The van der Waals surface area contributed by atoms with Crippen LogP contribution in [0.1, 0.15) is 32.3 Å². The molecule has 0 aliphatic heterocycles. The summed E-state index contributed by atoms with van der Waals surface area (Å²) >= 11 is 24.2. The maximum atomic E-state index is 6.29. The van der Waals surface area contributed by atoms with Gasteiger partial charge in [0.25, 0.3) is 0 Å². The summed E-state index contributed by atoms with van der Waals surface area (Å²) in [7, 11) is 0. The first kappa shape index (κ1) is 15.9. The Morgan fingerprint density at radius 1 is 1.28 bits per heavy atom. The third-order valence-corrected chi connectivity index (χ3v) is 3.50. The third-order valence-electron chi connectivity index (χ3n) is 2.37. The molecule has 0 saturated carbocycles. The first-order valence-electron chi connectivity index (χ1n) is 5.59. The number of hydrogen-bond acceptors (Lipinski definition) is 2. The Hall–Kier alpha value is -0.150. The van der Waals surface area contributed by atoms with Gasteiger partial charge in [-0.05, 0) is 31.4 Å². The van der Waals surface area contributed by atoms with Gasteiger partial charge in [-0.1, -0.05) is 59.7 Å². The van der Waals surface area contributed by atoms with Crippen LogP contribution in [-0.4, -0.2) is 5.17 Å². The summed E-state index contributed by atoms with van der Waals surface area (Å²) in [6.07, 6.45) is 2.89. The number of halogens is 4. The van der Waals surface area contributed by atoms with Crippen molar-refractivity contribution >= 4 is 57.3 Å². The van der Waals surface area contributed by atoms with Crippen LogP contribution in [0.5, 0.6) is 0 Å². The van der Waals surface area contributed by atoms with Crippen LogP contribution in [0.4, 0.5) is 5.69 Å². The second-order valence-electron chi connectivity index (χ2n) is 3.83. The Bertz CT molecular complexity index is 454. The molecule has 0 spiro atoms. The van der Waals surface area contributed by atoms with Crippen LogP contribution in [0.15, 0.2) is 11.2 Å². The predicted octanol–water partition coefficient (Wildman–Crippen LogP) is 5.97. The highest BCUT2D eigenvalue weighted by molar-refractivity contribution is 6.64. The van der Waals surface area contributed by atoms with E-state index >= 15 is 0 Å². The highest BCUT2D eigenvalue weighted by atomic mass is 35.5. The fourth-order valence-electron chi connectivity index (χ4n) is 1.45. The van der Waals surface area contributed by atoms with Crippen molar-refractivity contribution in [3.63, 3.8) is 0 Å². The van der Waals surface area contributed by atoms with Gasteiger partial charge in [-0.25, -0.2) is 0 Å². The molecule has 0 bridgehead atoms. The van der Waals surface area contributed by atoms with E-state index in [1.165, 1.54) is 0 Å². The van der Waals surface area contributed by atoms with Crippen molar-refractivity contribution < 1.29 is 0 Å². The zero-order valence-corrected chi connectivity index (χ0v) is 13.2. The van der Waals surface area contributed by atoms with Crippen LogP contribution in [0.25, 0.3) is 0 Å². The molecule has 2 nitrogen and oxygen atoms in total. The fraction of sp³-hybridized carbons (Fsp3) is 0.417. The van der Waals surface area contributed by atoms with Crippen LogP contribution in [0.2, 0.25) is 15.1 Å². The number of hydrazone groups is 1. The second kappa shape index (κ2) is 7.44. The average molecular weight is 328 g/mol. The van der Waals surface area contributed by atoms with Crippen LogP contribution in [0, 0.1) is 0 Å². The summed E-state index contributed by atoms with van der Waals surface area (Å²) in [6.45, 7) is 3.77. The highest BCUT2D eigenvalue weighted by Crippen LogP contribution is 2.38. The molecule has 0 unspecified atom stereocenters. The molecule has 1 aromatic carbocycles. The molecule has 1 N–H and O–H groups in total. The normalized spacial score (nSPS) is 11.8. The molecule has 0 fully saturated rings. The van der Waals surface area contributed by atoms with Gasteiger partial charge in [0.15, 0.2) is 0 Å². The van der Waals surface area contributed by atoms with E-state index in [0.29, 0.717) is 25.9 Å². The van der Waals surface area contributed by atoms with Crippen molar-refractivity contribution in [1.29, 1.82) is 0 Å². The van der Waals surface area contributed by atoms with Crippen LogP contribution >= 0.6 is 46.4 Å². The zero-order chi connectivity index (χ0) is 13.7. The number of rotatable bonds is 5. The van der Waals surface area contributed by atoms with Gasteiger partial charge in [-0.3, -0.25) is 5.43 Å². The van der Waals surface area contributed by atoms with Crippen molar-refractivity contribution in [2.75, 3.05) is 5.43 Å². The van der Waals surface area contributed by atoms with E-state index in [-0.39, 0.29) is 0 Å². The van der Waals surface area contributed by atoms with Crippen LogP contribution in [0.3, 0.4) is 0 Å². The smallest absolute Gasteiger partial charge is 0.123 e. The lowest BCUT2D eigenvalue weighted by molar-refractivity contribution is 0.795. The molecule has 0 aromatic heterocycles. The monoisotopic (exact) mass is 326 g/mol. The maximum Gasteiger partial charge on any atom is 0.123 e. The van der Waals surface area contributed by atoms with Gasteiger partial charge in [-0.2, -0.15) is 5.10 Å². The minimum Gasteiger partial charge on any atom is -0.274 e. The van der Waals surface area contributed by atoms with Crippen molar-refractivity contribution in [2.24, 2.45) is 5.10 Å². The van der Waals surface area contributed by atoms with E-state index in [0.717, 1.165) is 24.8 Å². The Balaban J connectivity index is 3.13. The molecule has 0 heterocycles. The van der Waals surface area contributed by atoms with Crippen molar-refractivity contribution in [2.45, 2.75) is 33.1 Å². The number of nitrogens with zero attached hydrogens (tertiary/aromatic N) is 1. The Morgan fingerprint density at radius 3 is 2.50 bits per heavy atom. The van der Waals surface area contributed by atoms with Gasteiger partial charge >= 0.3 is 0 Å². The van der Waals surface area contributed by atoms with E-state index in [4.69, 9.17) is 46.4 Å². The summed E-state index contributed by atoms with van der Waals surface area (Å²) in [6, 6.07) is 1.67. The van der Waals surface area contributed by atoms with Gasteiger partial charge in [-0.15, -0.1) is 0 Å². The van der Waals surface area contributed by atoms with E-state index < -0.39 is 0 Å². The number of unbranched alkanes of at least 4 members (excludes halogenated alkanes) is 1. The first-order valence-corrected chi connectivity index (χ1v) is 7.10. The van der Waals surface area contributed by atoms with E-state index in [1.807, 2.05) is 0 Å². The van der Waals surface area contributed by atoms with Crippen LogP contribution in [-0.2, 0) is 6.42 Å². The number of nitrogens with one attached hydrogen (secondary N) is 1. The molecule has 0 aliphatic rings. The molecule has 6 heteroatoms. The SMILES string of the molecule is CCCCc1c(Cl)cc(Cl)c(NN=C(C)Cl)c1Cl. The first-order chi connectivity index (χ1) is 8.47. The second-order valence-corrected chi connectivity index (χ2v) is 5.57.